The van der Waals surface area contributed by atoms with Crippen LogP contribution in [0.2, 0.25) is 0 Å². The largest absolute Gasteiger partial charge is 0.493 e. The van der Waals surface area contributed by atoms with E-state index in [2.05, 4.69) is 21.2 Å². The quantitative estimate of drug-likeness (QED) is 0.874. The zero-order valence-corrected chi connectivity index (χ0v) is 13.7. The lowest BCUT2D eigenvalue weighted by Crippen LogP contribution is -2.15. The molecule has 2 aromatic carbocycles. The van der Waals surface area contributed by atoms with Crippen LogP contribution in [0.1, 0.15) is 5.56 Å². The molecule has 0 aliphatic heterocycles. The molecular weight excluding hydrogens is 353 g/mol. The van der Waals surface area contributed by atoms with E-state index in [1.54, 1.807) is 31.4 Å². The van der Waals surface area contributed by atoms with Crippen LogP contribution >= 0.6 is 15.9 Å². The van der Waals surface area contributed by atoms with Crippen molar-refractivity contribution < 1.29 is 18.7 Å². The maximum atomic E-state index is 13.7. The van der Waals surface area contributed by atoms with Gasteiger partial charge in [-0.25, -0.2) is 4.39 Å². The van der Waals surface area contributed by atoms with E-state index < -0.39 is 5.82 Å². The highest BCUT2D eigenvalue weighted by Crippen LogP contribution is 2.28. The maximum Gasteiger partial charge on any atom is 0.228 e. The minimum Gasteiger partial charge on any atom is -0.493 e. The summed E-state index contributed by atoms with van der Waals surface area (Å²) in [6.07, 6.45) is 0.107. The van der Waals surface area contributed by atoms with Gasteiger partial charge in [0.05, 0.1) is 26.3 Å². The number of hydrogen-bond acceptors (Lipinski definition) is 3. The molecule has 6 heteroatoms. The monoisotopic (exact) mass is 367 g/mol. The molecule has 0 unspecified atom stereocenters. The van der Waals surface area contributed by atoms with Crippen molar-refractivity contribution in [2.75, 3.05) is 19.5 Å². The molecule has 0 saturated carbocycles. The van der Waals surface area contributed by atoms with Gasteiger partial charge in [-0.1, -0.05) is 22.0 Å². The first-order valence-electron chi connectivity index (χ1n) is 6.49. The lowest BCUT2D eigenvalue weighted by molar-refractivity contribution is -0.115. The normalized spacial score (nSPS) is 10.2. The molecule has 0 radical (unpaired) electrons. The Kier molecular flexibility index (Phi) is 5.38. The van der Waals surface area contributed by atoms with Crippen LogP contribution in [-0.4, -0.2) is 20.1 Å². The summed E-state index contributed by atoms with van der Waals surface area (Å²) >= 11 is 3.17. The minimum absolute atomic E-state index is 0.107. The summed E-state index contributed by atoms with van der Waals surface area (Å²) < 4.78 is 24.6. The molecule has 1 N–H and O–H groups in total. The van der Waals surface area contributed by atoms with Gasteiger partial charge in [0.15, 0.2) is 11.5 Å². The molecular formula is C16H15BrFNO3. The smallest absolute Gasteiger partial charge is 0.228 e. The average Bonchev–Trinajstić information content (AvgIpc) is 2.50. The van der Waals surface area contributed by atoms with E-state index in [-0.39, 0.29) is 18.0 Å². The van der Waals surface area contributed by atoms with Crippen molar-refractivity contribution >= 4 is 27.5 Å². The molecule has 0 aromatic heterocycles. The first-order valence-corrected chi connectivity index (χ1v) is 7.28. The number of halogens is 2. The van der Waals surface area contributed by atoms with Gasteiger partial charge in [0.25, 0.3) is 0 Å². The van der Waals surface area contributed by atoms with Crippen molar-refractivity contribution in [2.45, 2.75) is 6.42 Å². The molecule has 0 aliphatic carbocycles. The van der Waals surface area contributed by atoms with Crippen LogP contribution in [-0.2, 0) is 11.2 Å². The molecule has 0 spiro atoms. The predicted molar refractivity (Wildman–Crippen MR) is 86.0 cm³/mol. The van der Waals surface area contributed by atoms with Gasteiger partial charge in [-0.05, 0) is 35.9 Å². The number of hydrogen-bond donors (Lipinski definition) is 1. The SMILES string of the molecule is COc1ccc(CC(=O)Nc2ccc(Br)cc2F)cc1OC. The molecule has 0 heterocycles. The molecule has 1 amide bonds. The van der Waals surface area contributed by atoms with E-state index in [0.717, 1.165) is 5.56 Å². The fourth-order valence-electron chi connectivity index (χ4n) is 1.96. The summed E-state index contributed by atoms with van der Waals surface area (Å²) in [5.41, 5.74) is 0.890. The van der Waals surface area contributed by atoms with Crippen LogP contribution in [0.15, 0.2) is 40.9 Å². The first kappa shape index (κ1) is 16.3. The third kappa shape index (κ3) is 3.98. The van der Waals surface area contributed by atoms with Crippen molar-refractivity contribution in [3.8, 4) is 11.5 Å². The molecule has 116 valence electrons. The van der Waals surface area contributed by atoms with Crippen LogP contribution in [0, 0.1) is 5.82 Å². The number of amides is 1. The lowest BCUT2D eigenvalue weighted by Gasteiger charge is -2.10. The summed E-state index contributed by atoms with van der Waals surface area (Å²) in [7, 11) is 3.07. The molecule has 0 fully saturated rings. The Balaban J connectivity index is 2.08. The number of methoxy groups -OCH3 is 2. The van der Waals surface area contributed by atoms with Gasteiger partial charge in [-0.3, -0.25) is 4.79 Å². The topological polar surface area (TPSA) is 47.6 Å². The van der Waals surface area contributed by atoms with E-state index in [1.807, 2.05) is 0 Å². The molecule has 0 saturated heterocycles. The summed E-state index contributed by atoms with van der Waals surface area (Å²) in [4.78, 5) is 12.0. The van der Waals surface area contributed by atoms with Gasteiger partial charge < -0.3 is 14.8 Å². The zero-order chi connectivity index (χ0) is 16.1. The van der Waals surface area contributed by atoms with E-state index in [0.29, 0.717) is 16.0 Å². The third-order valence-electron chi connectivity index (χ3n) is 3.02. The molecule has 2 rings (SSSR count). The molecule has 0 bridgehead atoms. The highest BCUT2D eigenvalue weighted by molar-refractivity contribution is 9.10. The number of carbonyl (C=O) groups is 1. The Hall–Kier alpha value is -2.08. The second-order valence-electron chi connectivity index (χ2n) is 4.54. The van der Waals surface area contributed by atoms with Gasteiger partial charge in [0, 0.05) is 4.47 Å². The van der Waals surface area contributed by atoms with Crippen molar-refractivity contribution in [1.29, 1.82) is 0 Å². The number of anilines is 1. The van der Waals surface area contributed by atoms with Gasteiger partial charge in [0.2, 0.25) is 5.91 Å². The number of nitrogens with one attached hydrogen (secondary N) is 1. The van der Waals surface area contributed by atoms with Crippen LogP contribution < -0.4 is 14.8 Å². The highest BCUT2D eigenvalue weighted by Gasteiger charge is 2.10. The van der Waals surface area contributed by atoms with E-state index in [4.69, 9.17) is 9.47 Å². The first-order chi connectivity index (χ1) is 10.5. The van der Waals surface area contributed by atoms with E-state index >= 15 is 0 Å². The number of carbonyl (C=O) groups excluding carboxylic acids is 1. The third-order valence-corrected chi connectivity index (χ3v) is 3.51. The number of ether oxygens (including phenoxy) is 2. The standard InChI is InChI=1S/C16H15BrFNO3/c1-21-14-6-3-10(7-15(14)22-2)8-16(20)19-13-5-4-11(17)9-12(13)18/h3-7,9H,8H2,1-2H3,(H,19,20). The molecule has 22 heavy (non-hydrogen) atoms. The fourth-order valence-corrected chi connectivity index (χ4v) is 2.29. The Bertz CT molecular complexity index is 691. The highest BCUT2D eigenvalue weighted by atomic mass is 79.9. The molecule has 4 nitrogen and oxygen atoms in total. The Morgan fingerprint density at radius 3 is 2.50 bits per heavy atom. The second-order valence-corrected chi connectivity index (χ2v) is 5.45. The Labute approximate surface area is 136 Å². The second kappa shape index (κ2) is 7.26. The van der Waals surface area contributed by atoms with Crippen molar-refractivity contribution in [2.24, 2.45) is 0 Å². The minimum atomic E-state index is -0.491. The summed E-state index contributed by atoms with van der Waals surface area (Å²) in [5.74, 6) is 0.330. The maximum absolute atomic E-state index is 13.7. The van der Waals surface area contributed by atoms with Crippen molar-refractivity contribution in [3.63, 3.8) is 0 Å². The molecule has 2 aromatic rings. The number of rotatable bonds is 5. The fraction of sp³-hybridized carbons (Fsp3) is 0.188. The lowest BCUT2D eigenvalue weighted by atomic mass is 10.1. The van der Waals surface area contributed by atoms with Crippen LogP contribution in [0.3, 0.4) is 0 Å². The Morgan fingerprint density at radius 2 is 1.86 bits per heavy atom. The van der Waals surface area contributed by atoms with Crippen LogP contribution in [0.25, 0.3) is 0 Å². The molecule has 0 atom stereocenters. The van der Waals surface area contributed by atoms with Gasteiger partial charge in [-0.15, -0.1) is 0 Å². The van der Waals surface area contributed by atoms with Gasteiger partial charge >= 0.3 is 0 Å². The zero-order valence-electron chi connectivity index (χ0n) is 12.2. The van der Waals surface area contributed by atoms with Gasteiger partial charge in [-0.2, -0.15) is 0 Å². The van der Waals surface area contributed by atoms with Gasteiger partial charge in [0.1, 0.15) is 5.82 Å². The number of benzene rings is 2. The average molecular weight is 368 g/mol. The summed E-state index contributed by atoms with van der Waals surface area (Å²) in [6.45, 7) is 0. The summed E-state index contributed by atoms with van der Waals surface area (Å²) in [5, 5.41) is 2.55. The summed E-state index contributed by atoms with van der Waals surface area (Å²) in [6, 6.07) is 9.67. The Morgan fingerprint density at radius 1 is 1.14 bits per heavy atom. The van der Waals surface area contributed by atoms with E-state index in [1.165, 1.54) is 19.2 Å². The van der Waals surface area contributed by atoms with Crippen LogP contribution in [0.4, 0.5) is 10.1 Å². The van der Waals surface area contributed by atoms with Crippen molar-refractivity contribution in [1.82, 2.24) is 0 Å². The van der Waals surface area contributed by atoms with Crippen LogP contribution in [0.5, 0.6) is 11.5 Å². The van der Waals surface area contributed by atoms with Crippen molar-refractivity contribution in [3.05, 3.63) is 52.3 Å². The predicted octanol–water partition coefficient (Wildman–Crippen LogP) is 3.79. The van der Waals surface area contributed by atoms with E-state index in [9.17, 15) is 9.18 Å². The molecule has 0 aliphatic rings.